The Labute approximate surface area is 127 Å². The van der Waals surface area contributed by atoms with Crippen molar-refractivity contribution in [1.82, 2.24) is 10.1 Å². The highest BCUT2D eigenvalue weighted by Gasteiger charge is 2.23. The Hall–Kier alpha value is -2.79. The number of aromatic nitrogens is 2. The van der Waals surface area contributed by atoms with Gasteiger partial charge in [0.1, 0.15) is 6.10 Å². The first-order chi connectivity index (χ1) is 10.7. The van der Waals surface area contributed by atoms with Gasteiger partial charge in [0.25, 0.3) is 5.89 Å². The molecule has 22 heavy (non-hydrogen) atoms. The summed E-state index contributed by atoms with van der Waals surface area (Å²) in [6.45, 7) is 1.71. The summed E-state index contributed by atoms with van der Waals surface area (Å²) in [7, 11) is 0. The van der Waals surface area contributed by atoms with Gasteiger partial charge >= 0.3 is 0 Å². The molecule has 0 aliphatic rings. The first-order valence-corrected chi connectivity index (χ1v) is 6.84. The first-order valence-electron chi connectivity index (χ1n) is 6.84. The van der Waals surface area contributed by atoms with E-state index in [1.165, 1.54) is 0 Å². The van der Waals surface area contributed by atoms with Crippen molar-refractivity contribution in [3.63, 3.8) is 0 Å². The van der Waals surface area contributed by atoms with Crippen molar-refractivity contribution >= 4 is 5.78 Å². The van der Waals surface area contributed by atoms with Crippen LogP contribution in [0.25, 0.3) is 11.5 Å². The smallest absolute Gasteiger partial charge is 0.258 e. The lowest BCUT2D eigenvalue weighted by atomic mass is 9.96. The molecule has 1 heterocycles. The molecule has 0 radical (unpaired) electrons. The van der Waals surface area contributed by atoms with Crippen LogP contribution in [0.2, 0.25) is 0 Å². The molecule has 0 bridgehead atoms. The number of carbonyl (C=O) groups excluding carboxylic acids is 1. The van der Waals surface area contributed by atoms with Crippen LogP contribution in [0.3, 0.4) is 0 Å². The number of aliphatic hydroxyl groups excluding tert-OH is 1. The fraction of sp³-hybridized carbons (Fsp3) is 0.118. The Morgan fingerprint density at radius 2 is 1.77 bits per heavy atom. The molecule has 5 nitrogen and oxygen atoms in total. The number of benzene rings is 2. The van der Waals surface area contributed by atoms with Gasteiger partial charge in [-0.1, -0.05) is 53.7 Å². The second kappa shape index (κ2) is 5.91. The molecule has 0 amide bonds. The number of carbonyl (C=O) groups is 1. The average Bonchev–Trinajstić information content (AvgIpc) is 3.00. The summed E-state index contributed by atoms with van der Waals surface area (Å²) in [6.07, 6.45) is -1.29. The van der Waals surface area contributed by atoms with Crippen LogP contribution in [0, 0.1) is 6.92 Å². The molecule has 0 saturated heterocycles. The Bertz CT molecular complexity index is 796. The van der Waals surface area contributed by atoms with Crippen LogP contribution in [0.4, 0.5) is 0 Å². The molecule has 0 fully saturated rings. The van der Waals surface area contributed by atoms with E-state index in [1.807, 2.05) is 6.07 Å². The maximum Gasteiger partial charge on any atom is 0.258 e. The molecular weight excluding hydrogens is 280 g/mol. The van der Waals surface area contributed by atoms with E-state index >= 15 is 0 Å². The SMILES string of the molecule is Cc1noc(-c2ccccc2C(O)C(=O)c2ccccc2)n1. The fourth-order valence-corrected chi connectivity index (χ4v) is 2.24. The van der Waals surface area contributed by atoms with Crippen LogP contribution < -0.4 is 0 Å². The third-order valence-corrected chi connectivity index (χ3v) is 3.32. The molecule has 1 aromatic heterocycles. The van der Waals surface area contributed by atoms with E-state index in [1.54, 1.807) is 55.5 Å². The van der Waals surface area contributed by atoms with E-state index in [0.717, 1.165) is 0 Å². The Morgan fingerprint density at radius 1 is 1.09 bits per heavy atom. The Balaban J connectivity index is 2.00. The molecule has 0 aliphatic carbocycles. The van der Waals surface area contributed by atoms with E-state index in [9.17, 15) is 9.90 Å². The van der Waals surface area contributed by atoms with Crippen molar-refractivity contribution in [3.8, 4) is 11.5 Å². The van der Waals surface area contributed by atoms with Gasteiger partial charge in [0.05, 0.1) is 0 Å². The molecule has 0 spiro atoms. The molecule has 1 unspecified atom stereocenters. The number of nitrogens with zero attached hydrogens (tertiary/aromatic N) is 2. The maximum atomic E-state index is 12.4. The lowest BCUT2D eigenvalue weighted by molar-refractivity contribution is 0.0748. The number of aryl methyl sites for hydroxylation is 1. The minimum absolute atomic E-state index is 0.285. The van der Waals surface area contributed by atoms with Crippen LogP contribution in [-0.2, 0) is 0 Å². The lowest BCUT2D eigenvalue weighted by Gasteiger charge is -2.12. The normalized spacial score (nSPS) is 12.1. The fourth-order valence-electron chi connectivity index (χ4n) is 2.24. The minimum Gasteiger partial charge on any atom is -0.380 e. The maximum absolute atomic E-state index is 12.4. The molecule has 3 aromatic rings. The van der Waals surface area contributed by atoms with E-state index in [2.05, 4.69) is 10.1 Å². The van der Waals surface area contributed by atoms with Gasteiger partial charge in [-0.2, -0.15) is 4.98 Å². The molecule has 1 atom stereocenters. The monoisotopic (exact) mass is 294 g/mol. The number of aliphatic hydroxyl groups is 1. The molecule has 5 heteroatoms. The minimum atomic E-state index is -1.29. The molecule has 0 aliphatic heterocycles. The van der Waals surface area contributed by atoms with Gasteiger partial charge in [-0.15, -0.1) is 0 Å². The summed E-state index contributed by atoms with van der Waals surface area (Å²) < 4.78 is 5.14. The number of hydrogen-bond donors (Lipinski definition) is 1. The van der Waals surface area contributed by atoms with Gasteiger partial charge in [-0.05, 0) is 13.0 Å². The quantitative estimate of drug-likeness (QED) is 0.749. The zero-order valence-electron chi connectivity index (χ0n) is 11.9. The molecular formula is C17H14N2O3. The Kier molecular flexibility index (Phi) is 3.80. The van der Waals surface area contributed by atoms with Gasteiger partial charge in [0.2, 0.25) is 0 Å². The van der Waals surface area contributed by atoms with Gasteiger partial charge in [0.15, 0.2) is 11.6 Å². The largest absolute Gasteiger partial charge is 0.380 e. The number of ketones is 1. The van der Waals surface area contributed by atoms with Crippen LogP contribution in [0.5, 0.6) is 0 Å². The number of Topliss-reactive ketones (excluding diaryl/α,β-unsaturated/α-hetero) is 1. The third kappa shape index (κ3) is 2.66. The van der Waals surface area contributed by atoms with Crippen LogP contribution in [0.15, 0.2) is 59.1 Å². The number of hydrogen-bond acceptors (Lipinski definition) is 5. The summed E-state index contributed by atoms with van der Waals surface area (Å²) in [5.41, 5.74) is 1.45. The molecule has 2 aromatic carbocycles. The molecule has 1 N–H and O–H groups in total. The van der Waals surface area contributed by atoms with Crippen LogP contribution in [-0.4, -0.2) is 21.0 Å². The van der Waals surface area contributed by atoms with Gasteiger partial charge < -0.3 is 9.63 Å². The van der Waals surface area contributed by atoms with Gasteiger partial charge in [-0.25, -0.2) is 0 Å². The van der Waals surface area contributed by atoms with Gasteiger partial charge in [0, 0.05) is 16.7 Å². The van der Waals surface area contributed by atoms with Crippen molar-refractivity contribution in [2.45, 2.75) is 13.0 Å². The Morgan fingerprint density at radius 3 is 2.45 bits per heavy atom. The number of rotatable bonds is 4. The average molecular weight is 294 g/mol. The van der Waals surface area contributed by atoms with Crippen molar-refractivity contribution in [2.75, 3.05) is 0 Å². The van der Waals surface area contributed by atoms with E-state index in [-0.39, 0.29) is 11.7 Å². The van der Waals surface area contributed by atoms with E-state index < -0.39 is 6.10 Å². The lowest BCUT2D eigenvalue weighted by Crippen LogP contribution is -2.13. The summed E-state index contributed by atoms with van der Waals surface area (Å²) in [4.78, 5) is 16.6. The van der Waals surface area contributed by atoms with Crippen LogP contribution in [0.1, 0.15) is 27.8 Å². The molecule has 3 rings (SSSR count). The zero-order valence-corrected chi connectivity index (χ0v) is 11.9. The zero-order chi connectivity index (χ0) is 15.5. The van der Waals surface area contributed by atoms with Gasteiger partial charge in [-0.3, -0.25) is 4.79 Å². The third-order valence-electron chi connectivity index (χ3n) is 3.32. The standard InChI is InChI=1S/C17H14N2O3/c1-11-18-17(22-19-11)14-10-6-5-9-13(14)16(21)15(20)12-7-3-2-4-8-12/h2-10,16,21H,1H3. The summed E-state index contributed by atoms with van der Waals surface area (Å²) in [6, 6.07) is 15.6. The second-order valence-corrected chi connectivity index (χ2v) is 4.87. The highest BCUT2D eigenvalue weighted by molar-refractivity contribution is 6.00. The molecule has 110 valence electrons. The van der Waals surface area contributed by atoms with E-state index in [4.69, 9.17) is 4.52 Å². The highest BCUT2D eigenvalue weighted by Crippen LogP contribution is 2.29. The van der Waals surface area contributed by atoms with Crippen molar-refractivity contribution in [1.29, 1.82) is 0 Å². The van der Waals surface area contributed by atoms with Crippen molar-refractivity contribution in [2.24, 2.45) is 0 Å². The van der Waals surface area contributed by atoms with Crippen molar-refractivity contribution < 1.29 is 14.4 Å². The van der Waals surface area contributed by atoms with Crippen LogP contribution >= 0.6 is 0 Å². The summed E-state index contributed by atoms with van der Waals surface area (Å²) in [5, 5.41) is 14.2. The summed E-state index contributed by atoms with van der Waals surface area (Å²) >= 11 is 0. The van der Waals surface area contributed by atoms with E-state index in [0.29, 0.717) is 22.5 Å². The second-order valence-electron chi connectivity index (χ2n) is 4.87. The molecule has 0 saturated carbocycles. The topological polar surface area (TPSA) is 76.2 Å². The van der Waals surface area contributed by atoms with Crippen molar-refractivity contribution in [3.05, 3.63) is 71.5 Å². The highest BCUT2D eigenvalue weighted by atomic mass is 16.5. The summed E-state index contributed by atoms with van der Waals surface area (Å²) in [5.74, 6) is 0.408. The predicted molar refractivity (Wildman–Crippen MR) is 80.2 cm³/mol. The first kappa shape index (κ1) is 14.2. The predicted octanol–water partition coefficient (Wildman–Crippen LogP) is 2.96.